The minimum absolute atomic E-state index is 0.116. The van der Waals surface area contributed by atoms with Crippen molar-refractivity contribution in [2.75, 3.05) is 12.4 Å². The molecule has 0 bridgehead atoms. The van der Waals surface area contributed by atoms with Crippen LogP contribution in [-0.4, -0.2) is 18.1 Å². The molecule has 0 aliphatic carbocycles. The largest absolute Gasteiger partial charge is 0.495 e. The Hall–Kier alpha value is -3.00. The van der Waals surface area contributed by atoms with E-state index in [0.29, 0.717) is 17.1 Å². The van der Waals surface area contributed by atoms with Gasteiger partial charge >= 0.3 is 0 Å². The zero-order valence-electron chi connectivity index (χ0n) is 14.6. The van der Waals surface area contributed by atoms with Crippen LogP contribution in [0.25, 0.3) is 0 Å². The summed E-state index contributed by atoms with van der Waals surface area (Å²) >= 11 is 5.13. The van der Waals surface area contributed by atoms with Crippen molar-refractivity contribution in [2.45, 2.75) is 13.0 Å². The number of allylic oxidation sites excluding steroid dienone is 1. The Morgan fingerprint density at radius 2 is 1.96 bits per heavy atom. The van der Waals surface area contributed by atoms with Crippen LogP contribution >= 0.6 is 12.2 Å². The number of nitrogens with one attached hydrogen (secondary N) is 3. The van der Waals surface area contributed by atoms with E-state index in [0.717, 1.165) is 12.1 Å². The van der Waals surface area contributed by atoms with Gasteiger partial charge < -0.3 is 20.7 Å². The van der Waals surface area contributed by atoms with Crippen LogP contribution in [0, 0.1) is 11.6 Å². The van der Waals surface area contributed by atoms with E-state index < -0.39 is 23.6 Å². The molecule has 8 heteroatoms. The lowest BCUT2D eigenvalue weighted by atomic mass is 9.94. The fourth-order valence-corrected chi connectivity index (χ4v) is 3.17. The summed E-state index contributed by atoms with van der Waals surface area (Å²) in [6, 6.07) is 9.26. The molecule has 1 aliphatic heterocycles. The Morgan fingerprint density at radius 3 is 2.67 bits per heavy atom. The topological polar surface area (TPSA) is 62.4 Å². The molecule has 1 atom stereocenters. The predicted octanol–water partition coefficient (Wildman–Crippen LogP) is 3.40. The highest BCUT2D eigenvalue weighted by atomic mass is 32.1. The Kier molecular flexibility index (Phi) is 5.36. The Morgan fingerprint density at radius 1 is 1.22 bits per heavy atom. The van der Waals surface area contributed by atoms with Gasteiger partial charge in [-0.2, -0.15) is 0 Å². The van der Waals surface area contributed by atoms with Gasteiger partial charge in [0, 0.05) is 17.3 Å². The average molecular weight is 389 g/mol. The van der Waals surface area contributed by atoms with Gasteiger partial charge in [-0.25, -0.2) is 8.78 Å². The SMILES string of the molecule is COc1ccccc1NC(=O)C1=C(C)NC(=S)N[C@H]1c1ccc(F)cc1F. The highest BCUT2D eigenvalue weighted by Gasteiger charge is 2.32. The monoisotopic (exact) mass is 389 g/mol. The van der Waals surface area contributed by atoms with Crippen molar-refractivity contribution in [1.29, 1.82) is 0 Å². The molecule has 0 aromatic heterocycles. The number of anilines is 1. The third-order valence-corrected chi connectivity index (χ3v) is 4.36. The van der Waals surface area contributed by atoms with E-state index in [1.165, 1.54) is 13.2 Å². The highest BCUT2D eigenvalue weighted by molar-refractivity contribution is 7.80. The number of hydrogen-bond acceptors (Lipinski definition) is 3. The number of rotatable bonds is 4. The first-order chi connectivity index (χ1) is 12.9. The number of benzene rings is 2. The first kappa shape index (κ1) is 18.8. The molecule has 1 heterocycles. The number of thiocarbonyl (C=S) groups is 1. The summed E-state index contributed by atoms with van der Waals surface area (Å²) in [4.78, 5) is 13.0. The van der Waals surface area contributed by atoms with Crippen LogP contribution in [0.5, 0.6) is 5.75 Å². The zero-order chi connectivity index (χ0) is 19.6. The second kappa shape index (κ2) is 7.71. The maximum absolute atomic E-state index is 14.4. The molecule has 0 fully saturated rings. The number of ether oxygens (including phenoxy) is 1. The van der Waals surface area contributed by atoms with Crippen LogP contribution in [-0.2, 0) is 4.79 Å². The van der Waals surface area contributed by atoms with Gasteiger partial charge in [0.05, 0.1) is 24.4 Å². The second-order valence-electron chi connectivity index (χ2n) is 5.89. The summed E-state index contributed by atoms with van der Waals surface area (Å²) in [6.07, 6.45) is 0. The van der Waals surface area contributed by atoms with E-state index >= 15 is 0 Å². The second-order valence-corrected chi connectivity index (χ2v) is 6.30. The van der Waals surface area contributed by atoms with Gasteiger partial charge in [-0.1, -0.05) is 18.2 Å². The number of halogens is 2. The quantitative estimate of drug-likeness (QED) is 0.700. The number of hydrogen-bond donors (Lipinski definition) is 3. The van der Waals surface area contributed by atoms with Crippen LogP contribution in [0.15, 0.2) is 53.7 Å². The lowest BCUT2D eigenvalue weighted by molar-refractivity contribution is -0.113. The average Bonchev–Trinajstić information content (AvgIpc) is 2.61. The Balaban J connectivity index is 2.00. The molecule has 1 amide bonds. The fourth-order valence-electron chi connectivity index (χ4n) is 2.90. The molecule has 5 nitrogen and oxygen atoms in total. The van der Waals surface area contributed by atoms with Gasteiger partial charge in [0.1, 0.15) is 17.4 Å². The summed E-state index contributed by atoms with van der Waals surface area (Å²) in [5, 5.41) is 8.75. The molecule has 1 aliphatic rings. The van der Waals surface area contributed by atoms with Gasteiger partial charge in [0.2, 0.25) is 0 Å². The molecule has 0 saturated heterocycles. The van der Waals surface area contributed by atoms with Crippen molar-refractivity contribution >= 4 is 28.9 Å². The van der Waals surface area contributed by atoms with Crippen LogP contribution in [0.4, 0.5) is 14.5 Å². The van der Waals surface area contributed by atoms with Crippen molar-refractivity contribution in [2.24, 2.45) is 0 Å². The molecule has 3 N–H and O–H groups in total. The van der Waals surface area contributed by atoms with Crippen molar-refractivity contribution in [3.05, 3.63) is 70.9 Å². The molecular formula is C19H17F2N3O2S. The first-order valence-corrected chi connectivity index (χ1v) is 8.49. The maximum Gasteiger partial charge on any atom is 0.255 e. The van der Waals surface area contributed by atoms with Gasteiger partial charge in [-0.05, 0) is 37.3 Å². The fraction of sp³-hybridized carbons (Fsp3) is 0.158. The molecule has 0 radical (unpaired) electrons. The van der Waals surface area contributed by atoms with E-state index in [1.807, 2.05) is 0 Å². The Labute approximate surface area is 160 Å². The summed E-state index contributed by atoms with van der Waals surface area (Å²) in [7, 11) is 1.49. The van der Waals surface area contributed by atoms with E-state index in [1.54, 1.807) is 31.2 Å². The molecular weight excluding hydrogens is 372 g/mol. The predicted molar refractivity (Wildman–Crippen MR) is 102 cm³/mol. The molecule has 3 rings (SSSR count). The summed E-state index contributed by atoms with van der Waals surface area (Å²) in [5.74, 6) is -1.45. The van der Waals surface area contributed by atoms with Gasteiger partial charge in [0.15, 0.2) is 5.11 Å². The van der Waals surface area contributed by atoms with E-state index in [-0.39, 0.29) is 16.2 Å². The maximum atomic E-state index is 14.4. The van der Waals surface area contributed by atoms with Crippen molar-refractivity contribution in [1.82, 2.24) is 10.6 Å². The van der Waals surface area contributed by atoms with Crippen LogP contribution in [0.2, 0.25) is 0 Å². The summed E-state index contributed by atoms with van der Waals surface area (Å²) in [5.41, 5.74) is 1.29. The molecule has 2 aromatic carbocycles. The normalized spacial score (nSPS) is 16.4. The number of amides is 1. The van der Waals surface area contributed by atoms with Crippen LogP contribution in [0.3, 0.4) is 0 Å². The summed E-state index contributed by atoms with van der Waals surface area (Å²) in [6.45, 7) is 1.67. The van der Waals surface area contributed by atoms with Crippen molar-refractivity contribution < 1.29 is 18.3 Å². The lowest BCUT2D eigenvalue weighted by Crippen LogP contribution is -2.46. The van der Waals surface area contributed by atoms with Gasteiger partial charge in [-0.3, -0.25) is 4.79 Å². The smallest absolute Gasteiger partial charge is 0.255 e. The minimum atomic E-state index is -0.867. The third-order valence-electron chi connectivity index (χ3n) is 4.14. The Bertz CT molecular complexity index is 946. The molecule has 2 aromatic rings. The lowest BCUT2D eigenvalue weighted by Gasteiger charge is -2.30. The number of methoxy groups -OCH3 is 1. The molecule has 0 spiro atoms. The number of para-hydroxylation sites is 2. The third kappa shape index (κ3) is 3.90. The van der Waals surface area contributed by atoms with E-state index in [4.69, 9.17) is 17.0 Å². The van der Waals surface area contributed by atoms with E-state index in [9.17, 15) is 13.6 Å². The molecule has 140 valence electrons. The number of carbonyl (C=O) groups is 1. The number of carbonyl (C=O) groups excluding carboxylic acids is 1. The van der Waals surface area contributed by atoms with Gasteiger partial charge in [-0.15, -0.1) is 0 Å². The molecule has 0 unspecified atom stereocenters. The zero-order valence-corrected chi connectivity index (χ0v) is 15.4. The molecule has 0 saturated carbocycles. The van der Waals surface area contributed by atoms with Crippen LogP contribution < -0.4 is 20.7 Å². The standard InChI is InChI=1S/C19H17F2N3O2S/c1-10-16(18(25)23-14-5-3-4-6-15(14)26-2)17(24-19(27)22-10)12-8-7-11(20)9-13(12)21/h3-9,17H,1-2H3,(H,23,25)(H2,22,24,27)/t17-/m0/s1. The first-order valence-electron chi connectivity index (χ1n) is 8.08. The minimum Gasteiger partial charge on any atom is -0.495 e. The van der Waals surface area contributed by atoms with Gasteiger partial charge in [0.25, 0.3) is 5.91 Å². The van der Waals surface area contributed by atoms with E-state index in [2.05, 4.69) is 16.0 Å². The highest BCUT2D eigenvalue weighted by Crippen LogP contribution is 2.31. The van der Waals surface area contributed by atoms with Crippen molar-refractivity contribution in [3.63, 3.8) is 0 Å². The van der Waals surface area contributed by atoms with Crippen LogP contribution in [0.1, 0.15) is 18.5 Å². The summed E-state index contributed by atoms with van der Waals surface area (Å²) < 4.78 is 32.9. The molecule has 27 heavy (non-hydrogen) atoms. The van der Waals surface area contributed by atoms with Crippen molar-refractivity contribution in [3.8, 4) is 5.75 Å².